The van der Waals surface area contributed by atoms with Crippen molar-refractivity contribution in [1.29, 1.82) is 0 Å². The minimum absolute atomic E-state index is 0.168. The summed E-state index contributed by atoms with van der Waals surface area (Å²) in [6.45, 7) is 0.653. The van der Waals surface area contributed by atoms with E-state index >= 15 is 0 Å². The molecule has 0 unspecified atom stereocenters. The van der Waals surface area contributed by atoms with Crippen molar-refractivity contribution in [3.63, 3.8) is 0 Å². The van der Waals surface area contributed by atoms with Gasteiger partial charge in [-0.05, 0) is 30.9 Å². The molecule has 1 amide bonds. The molecule has 23 heavy (non-hydrogen) atoms. The molecule has 0 bridgehead atoms. The van der Waals surface area contributed by atoms with Gasteiger partial charge in [0.15, 0.2) is 0 Å². The van der Waals surface area contributed by atoms with E-state index in [1.807, 2.05) is 0 Å². The first-order chi connectivity index (χ1) is 10.9. The molecular formula is C15H14F3N3O2. The highest BCUT2D eigenvalue weighted by Gasteiger charge is 2.38. The standard InChI is InChI=1S/C15H14F3N3O2/c16-15(17,18)14-20-12(21-23-14)10-4-6-11(7-5-10)13(22)19-8-9-2-1-3-9/h4-7,9H,1-3,8H2,(H,19,22). The number of nitrogens with one attached hydrogen (secondary N) is 1. The molecule has 1 saturated carbocycles. The zero-order valence-electron chi connectivity index (χ0n) is 12.1. The van der Waals surface area contributed by atoms with Crippen LogP contribution in [0.4, 0.5) is 13.2 Å². The van der Waals surface area contributed by atoms with E-state index in [2.05, 4.69) is 20.0 Å². The number of halogens is 3. The highest BCUT2D eigenvalue weighted by Crippen LogP contribution is 2.29. The lowest BCUT2D eigenvalue weighted by molar-refractivity contribution is -0.159. The number of carbonyl (C=O) groups is 1. The molecule has 122 valence electrons. The molecular weight excluding hydrogens is 311 g/mol. The Morgan fingerprint density at radius 1 is 1.26 bits per heavy atom. The van der Waals surface area contributed by atoms with Crippen molar-refractivity contribution >= 4 is 5.91 Å². The van der Waals surface area contributed by atoms with Crippen LogP contribution >= 0.6 is 0 Å². The van der Waals surface area contributed by atoms with E-state index in [1.54, 1.807) is 0 Å². The Morgan fingerprint density at radius 3 is 2.48 bits per heavy atom. The van der Waals surface area contributed by atoms with E-state index in [-0.39, 0.29) is 11.7 Å². The zero-order chi connectivity index (χ0) is 16.4. The third-order valence-electron chi connectivity index (χ3n) is 3.85. The first-order valence-corrected chi connectivity index (χ1v) is 7.23. The normalized spacial score (nSPS) is 15.3. The SMILES string of the molecule is O=C(NCC1CCC1)c1ccc(-c2noc(C(F)(F)F)n2)cc1. The average molecular weight is 325 g/mol. The summed E-state index contributed by atoms with van der Waals surface area (Å²) in [7, 11) is 0. The molecule has 2 aromatic rings. The van der Waals surface area contributed by atoms with Crippen LogP contribution < -0.4 is 5.32 Å². The largest absolute Gasteiger partial charge is 0.471 e. The van der Waals surface area contributed by atoms with E-state index < -0.39 is 12.1 Å². The van der Waals surface area contributed by atoms with Gasteiger partial charge < -0.3 is 9.84 Å². The van der Waals surface area contributed by atoms with Crippen LogP contribution in [0.25, 0.3) is 11.4 Å². The number of aromatic nitrogens is 2. The number of nitrogens with zero attached hydrogens (tertiary/aromatic N) is 2. The van der Waals surface area contributed by atoms with Crippen LogP contribution in [0.2, 0.25) is 0 Å². The predicted octanol–water partition coefficient (Wildman–Crippen LogP) is 3.29. The van der Waals surface area contributed by atoms with Crippen molar-refractivity contribution in [2.45, 2.75) is 25.4 Å². The van der Waals surface area contributed by atoms with Gasteiger partial charge in [0.05, 0.1) is 0 Å². The minimum atomic E-state index is -4.67. The van der Waals surface area contributed by atoms with Gasteiger partial charge in [-0.1, -0.05) is 23.7 Å². The molecule has 0 saturated heterocycles. The monoisotopic (exact) mass is 325 g/mol. The number of hydrogen-bond acceptors (Lipinski definition) is 4. The average Bonchev–Trinajstić information content (AvgIpc) is 2.95. The zero-order valence-corrected chi connectivity index (χ0v) is 12.1. The summed E-state index contributed by atoms with van der Waals surface area (Å²) >= 11 is 0. The fraction of sp³-hybridized carbons (Fsp3) is 0.400. The van der Waals surface area contributed by atoms with Gasteiger partial charge in [-0.2, -0.15) is 18.2 Å². The summed E-state index contributed by atoms with van der Waals surface area (Å²) in [5.41, 5.74) is 0.785. The fourth-order valence-corrected chi connectivity index (χ4v) is 2.26. The summed E-state index contributed by atoms with van der Waals surface area (Å²) < 4.78 is 41.4. The Morgan fingerprint density at radius 2 is 1.96 bits per heavy atom. The molecule has 0 radical (unpaired) electrons. The van der Waals surface area contributed by atoms with E-state index in [9.17, 15) is 18.0 Å². The minimum Gasteiger partial charge on any atom is -0.352 e. The van der Waals surface area contributed by atoms with Crippen LogP contribution in [0.15, 0.2) is 28.8 Å². The van der Waals surface area contributed by atoms with Crippen molar-refractivity contribution < 1.29 is 22.5 Å². The molecule has 1 aromatic carbocycles. The Kier molecular flexibility index (Phi) is 4.06. The predicted molar refractivity (Wildman–Crippen MR) is 74.4 cm³/mol. The maximum Gasteiger partial charge on any atom is 0.471 e. The van der Waals surface area contributed by atoms with Gasteiger partial charge in [0.25, 0.3) is 5.91 Å². The number of amides is 1. The number of rotatable bonds is 4. The molecule has 1 aliphatic rings. The van der Waals surface area contributed by atoms with Crippen LogP contribution in [-0.2, 0) is 6.18 Å². The lowest BCUT2D eigenvalue weighted by Gasteiger charge is -2.25. The number of hydrogen-bond donors (Lipinski definition) is 1. The van der Waals surface area contributed by atoms with Crippen LogP contribution in [0.3, 0.4) is 0 Å². The van der Waals surface area contributed by atoms with Crippen LogP contribution in [0.5, 0.6) is 0 Å². The van der Waals surface area contributed by atoms with Crippen molar-refractivity contribution in [2.24, 2.45) is 5.92 Å². The van der Waals surface area contributed by atoms with E-state index in [0.717, 1.165) is 12.8 Å². The van der Waals surface area contributed by atoms with Gasteiger partial charge in [-0.15, -0.1) is 0 Å². The maximum absolute atomic E-state index is 12.4. The van der Waals surface area contributed by atoms with Crippen LogP contribution in [0, 0.1) is 5.92 Å². The van der Waals surface area contributed by atoms with Gasteiger partial charge in [0, 0.05) is 17.7 Å². The van der Waals surface area contributed by atoms with Crippen molar-refractivity contribution in [3.8, 4) is 11.4 Å². The maximum atomic E-state index is 12.4. The summed E-state index contributed by atoms with van der Waals surface area (Å²) in [4.78, 5) is 15.3. The second kappa shape index (κ2) is 6.02. The Bertz CT molecular complexity index is 691. The topological polar surface area (TPSA) is 68.0 Å². The fourth-order valence-electron chi connectivity index (χ4n) is 2.26. The summed E-state index contributed by atoms with van der Waals surface area (Å²) in [5, 5.41) is 6.15. The van der Waals surface area contributed by atoms with Crippen molar-refractivity contribution in [2.75, 3.05) is 6.54 Å². The second-order valence-electron chi connectivity index (χ2n) is 5.51. The van der Waals surface area contributed by atoms with E-state index in [1.165, 1.54) is 30.7 Å². The first kappa shape index (κ1) is 15.5. The molecule has 1 aliphatic carbocycles. The number of carbonyl (C=O) groups excluding carboxylic acids is 1. The molecule has 0 atom stereocenters. The summed E-state index contributed by atoms with van der Waals surface area (Å²) in [6.07, 6.45) is -1.19. The molecule has 5 nitrogen and oxygen atoms in total. The highest BCUT2D eigenvalue weighted by atomic mass is 19.4. The summed E-state index contributed by atoms with van der Waals surface area (Å²) in [6, 6.07) is 6.02. The van der Waals surface area contributed by atoms with Gasteiger partial charge in [0.1, 0.15) is 0 Å². The molecule has 1 N–H and O–H groups in total. The number of alkyl halides is 3. The third kappa shape index (κ3) is 3.52. The van der Waals surface area contributed by atoms with Crippen molar-refractivity contribution in [1.82, 2.24) is 15.5 Å². The number of benzene rings is 1. The highest BCUT2D eigenvalue weighted by molar-refractivity contribution is 5.94. The lowest BCUT2D eigenvalue weighted by atomic mass is 9.85. The molecule has 1 heterocycles. The Labute approximate surface area is 129 Å². The molecule has 8 heteroatoms. The second-order valence-corrected chi connectivity index (χ2v) is 5.51. The van der Waals surface area contributed by atoms with E-state index in [0.29, 0.717) is 23.6 Å². The van der Waals surface area contributed by atoms with Gasteiger partial charge >= 0.3 is 12.1 Å². The van der Waals surface area contributed by atoms with Gasteiger partial charge in [0.2, 0.25) is 5.82 Å². The van der Waals surface area contributed by atoms with E-state index in [4.69, 9.17) is 0 Å². The van der Waals surface area contributed by atoms with Crippen LogP contribution in [0.1, 0.15) is 35.5 Å². The third-order valence-corrected chi connectivity index (χ3v) is 3.85. The molecule has 0 aliphatic heterocycles. The summed E-state index contributed by atoms with van der Waals surface area (Å²) in [5.74, 6) is -1.21. The molecule has 1 aromatic heterocycles. The smallest absolute Gasteiger partial charge is 0.352 e. The Hall–Kier alpha value is -2.38. The Balaban J connectivity index is 1.66. The van der Waals surface area contributed by atoms with Crippen LogP contribution in [-0.4, -0.2) is 22.6 Å². The molecule has 3 rings (SSSR count). The van der Waals surface area contributed by atoms with Crippen molar-refractivity contribution in [3.05, 3.63) is 35.7 Å². The first-order valence-electron chi connectivity index (χ1n) is 7.23. The molecule has 1 fully saturated rings. The quantitative estimate of drug-likeness (QED) is 0.936. The lowest BCUT2D eigenvalue weighted by Crippen LogP contribution is -2.32. The molecule has 0 spiro atoms. The van der Waals surface area contributed by atoms with Gasteiger partial charge in [-0.3, -0.25) is 4.79 Å². The van der Waals surface area contributed by atoms with Gasteiger partial charge in [-0.25, -0.2) is 0 Å².